The van der Waals surface area contributed by atoms with E-state index in [1.807, 2.05) is 19.9 Å². The molecule has 4 nitrogen and oxygen atoms in total. The number of nitrogens with zero attached hydrogens (tertiary/aromatic N) is 1. The monoisotopic (exact) mass is 263 g/mol. The maximum absolute atomic E-state index is 11.0. The van der Waals surface area contributed by atoms with Crippen molar-refractivity contribution in [1.29, 1.82) is 0 Å². The molecular weight excluding hydrogens is 242 g/mol. The normalized spacial score (nSPS) is 16.6. The van der Waals surface area contributed by atoms with Gasteiger partial charge in [0.05, 0.1) is 11.0 Å². The zero-order chi connectivity index (χ0) is 13.8. The zero-order valence-electron chi connectivity index (χ0n) is 11.6. The van der Waals surface area contributed by atoms with E-state index < -0.39 is 0 Å². The Labute approximate surface area is 113 Å². The molecule has 0 N–H and O–H groups in total. The molecule has 1 saturated carbocycles. The van der Waals surface area contributed by atoms with E-state index >= 15 is 0 Å². The van der Waals surface area contributed by atoms with Crippen LogP contribution in [0, 0.1) is 10.1 Å². The van der Waals surface area contributed by atoms with Crippen LogP contribution in [0.2, 0.25) is 0 Å². The highest BCUT2D eigenvalue weighted by molar-refractivity contribution is 5.47. The lowest BCUT2D eigenvalue weighted by Gasteiger charge is -2.23. The molecule has 1 aromatic rings. The Morgan fingerprint density at radius 3 is 2.53 bits per heavy atom. The maximum atomic E-state index is 11.0. The first-order valence-corrected chi connectivity index (χ1v) is 7.03. The molecule has 1 aliphatic rings. The molecule has 2 rings (SSSR count). The summed E-state index contributed by atoms with van der Waals surface area (Å²) in [4.78, 5) is 10.7. The summed E-state index contributed by atoms with van der Waals surface area (Å²) in [5, 5.41) is 11.0. The van der Waals surface area contributed by atoms with Crippen molar-refractivity contribution in [2.24, 2.45) is 0 Å². The van der Waals surface area contributed by atoms with Crippen LogP contribution in [-0.2, 0) is 0 Å². The van der Waals surface area contributed by atoms with Gasteiger partial charge in [-0.1, -0.05) is 20.3 Å². The van der Waals surface area contributed by atoms with Gasteiger partial charge in [-0.2, -0.15) is 0 Å². The van der Waals surface area contributed by atoms with Gasteiger partial charge < -0.3 is 4.74 Å². The van der Waals surface area contributed by atoms with E-state index in [0.717, 1.165) is 24.2 Å². The van der Waals surface area contributed by atoms with Crippen molar-refractivity contribution in [2.45, 2.75) is 58.0 Å². The van der Waals surface area contributed by atoms with Gasteiger partial charge >= 0.3 is 0 Å². The highest BCUT2D eigenvalue weighted by Crippen LogP contribution is 2.31. The third-order valence-corrected chi connectivity index (χ3v) is 3.67. The summed E-state index contributed by atoms with van der Waals surface area (Å²) in [5.74, 6) is 0.886. The second-order valence-electron chi connectivity index (χ2n) is 5.51. The summed E-state index contributed by atoms with van der Waals surface area (Å²) >= 11 is 0. The Balaban J connectivity index is 2.17. The van der Waals surface area contributed by atoms with Gasteiger partial charge in [-0.25, -0.2) is 0 Å². The quantitative estimate of drug-likeness (QED) is 0.596. The number of hydrogen-bond acceptors (Lipinski definition) is 3. The first-order valence-electron chi connectivity index (χ1n) is 7.03. The van der Waals surface area contributed by atoms with E-state index in [0.29, 0.717) is 0 Å². The minimum Gasteiger partial charge on any atom is -0.490 e. The van der Waals surface area contributed by atoms with Crippen LogP contribution in [0.4, 0.5) is 5.69 Å². The zero-order valence-corrected chi connectivity index (χ0v) is 11.6. The van der Waals surface area contributed by atoms with Gasteiger partial charge in [0.25, 0.3) is 5.69 Å². The smallest absolute Gasteiger partial charge is 0.273 e. The van der Waals surface area contributed by atoms with E-state index in [4.69, 9.17) is 4.74 Å². The molecule has 0 spiro atoms. The maximum Gasteiger partial charge on any atom is 0.273 e. The van der Waals surface area contributed by atoms with Crippen LogP contribution in [0.15, 0.2) is 18.2 Å². The molecule has 0 heterocycles. The van der Waals surface area contributed by atoms with Crippen LogP contribution in [0.1, 0.15) is 57.4 Å². The van der Waals surface area contributed by atoms with Crippen molar-refractivity contribution in [3.8, 4) is 5.75 Å². The fourth-order valence-corrected chi connectivity index (χ4v) is 2.61. The molecule has 0 unspecified atom stereocenters. The van der Waals surface area contributed by atoms with E-state index in [1.54, 1.807) is 12.1 Å². The molecule has 0 bridgehead atoms. The van der Waals surface area contributed by atoms with Gasteiger partial charge in [-0.3, -0.25) is 10.1 Å². The van der Waals surface area contributed by atoms with Crippen LogP contribution in [-0.4, -0.2) is 11.0 Å². The Hall–Kier alpha value is -1.58. The molecule has 104 valence electrons. The predicted octanol–water partition coefficient (Wildman–Crippen LogP) is 4.43. The molecule has 0 saturated heterocycles. The lowest BCUT2D eigenvalue weighted by molar-refractivity contribution is -0.385. The first kappa shape index (κ1) is 13.8. The van der Waals surface area contributed by atoms with E-state index in [1.165, 1.54) is 19.3 Å². The molecule has 0 radical (unpaired) electrons. The minimum atomic E-state index is -0.320. The Morgan fingerprint density at radius 2 is 1.95 bits per heavy atom. The fraction of sp³-hybridized carbons (Fsp3) is 0.600. The number of rotatable bonds is 4. The van der Waals surface area contributed by atoms with E-state index in [9.17, 15) is 10.1 Å². The Morgan fingerprint density at radius 1 is 1.26 bits per heavy atom. The molecule has 4 heteroatoms. The number of nitro benzene ring substituents is 1. The topological polar surface area (TPSA) is 52.4 Å². The van der Waals surface area contributed by atoms with Gasteiger partial charge in [0.15, 0.2) is 0 Å². The molecule has 0 amide bonds. The molecule has 19 heavy (non-hydrogen) atoms. The van der Waals surface area contributed by atoms with Crippen LogP contribution < -0.4 is 4.74 Å². The molecule has 1 fully saturated rings. The summed E-state index contributed by atoms with van der Waals surface area (Å²) in [7, 11) is 0. The van der Waals surface area contributed by atoms with Crippen molar-refractivity contribution in [2.75, 3.05) is 0 Å². The summed E-state index contributed by atoms with van der Waals surface area (Å²) < 4.78 is 5.96. The van der Waals surface area contributed by atoms with Crippen LogP contribution in [0.5, 0.6) is 5.75 Å². The van der Waals surface area contributed by atoms with Crippen molar-refractivity contribution in [3.05, 3.63) is 33.9 Å². The molecule has 1 aliphatic carbocycles. The summed E-state index contributed by atoms with van der Waals surface area (Å²) in [6, 6.07) is 5.11. The molecule has 0 aliphatic heterocycles. The molecular formula is C15H21NO3. The highest BCUT2D eigenvalue weighted by Gasteiger charge is 2.19. The van der Waals surface area contributed by atoms with Gasteiger partial charge in [0.2, 0.25) is 0 Å². The number of ether oxygens (including phenoxy) is 1. The molecule has 0 aromatic heterocycles. The number of nitro groups is 1. The first-order chi connectivity index (χ1) is 9.08. The summed E-state index contributed by atoms with van der Waals surface area (Å²) in [6.07, 6.45) is 6.18. The summed E-state index contributed by atoms with van der Waals surface area (Å²) in [5.41, 5.74) is 0.935. The highest BCUT2D eigenvalue weighted by atomic mass is 16.6. The van der Waals surface area contributed by atoms with Gasteiger partial charge in [0, 0.05) is 11.6 Å². The summed E-state index contributed by atoms with van der Waals surface area (Å²) in [6.45, 7) is 3.93. The Bertz CT molecular complexity index is 451. The van der Waals surface area contributed by atoms with Crippen LogP contribution in [0.3, 0.4) is 0 Å². The van der Waals surface area contributed by atoms with Crippen LogP contribution >= 0.6 is 0 Å². The van der Waals surface area contributed by atoms with Gasteiger partial charge in [-0.15, -0.1) is 0 Å². The van der Waals surface area contributed by atoms with Crippen molar-refractivity contribution in [1.82, 2.24) is 0 Å². The minimum absolute atomic E-state index is 0.121. The third kappa shape index (κ3) is 3.46. The van der Waals surface area contributed by atoms with E-state index in [-0.39, 0.29) is 22.6 Å². The number of benzene rings is 1. The van der Waals surface area contributed by atoms with Gasteiger partial charge in [-0.05, 0) is 43.7 Å². The van der Waals surface area contributed by atoms with Crippen molar-refractivity contribution in [3.63, 3.8) is 0 Å². The van der Waals surface area contributed by atoms with Gasteiger partial charge in [0.1, 0.15) is 5.75 Å². The van der Waals surface area contributed by atoms with Crippen LogP contribution in [0.25, 0.3) is 0 Å². The fourth-order valence-electron chi connectivity index (χ4n) is 2.61. The average Bonchev–Trinajstić information content (AvgIpc) is 2.39. The van der Waals surface area contributed by atoms with Crippen molar-refractivity contribution >= 4 is 5.69 Å². The number of hydrogen-bond donors (Lipinski definition) is 0. The molecule has 0 atom stereocenters. The lowest BCUT2D eigenvalue weighted by Crippen LogP contribution is -2.19. The predicted molar refractivity (Wildman–Crippen MR) is 74.7 cm³/mol. The molecule has 1 aromatic carbocycles. The van der Waals surface area contributed by atoms with E-state index in [2.05, 4.69) is 0 Å². The Kier molecular flexibility index (Phi) is 4.40. The van der Waals surface area contributed by atoms with Crippen molar-refractivity contribution < 1.29 is 9.66 Å². The SMILES string of the molecule is CC(C)c1cc(OC2CCCCC2)ccc1[N+](=O)[O-]. The second-order valence-corrected chi connectivity index (χ2v) is 5.51. The third-order valence-electron chi connectivity index (χ3n) is 3.67. The standard InChI is InChI=1S/C15H21NO3/c1-11(2)14-10-13(8-9-15(14)16(17)18)19-12-6-4-3-5-7-12/h8-12H,3-7H2,1-2H3. The lowest BCUT2D eigenvalue weighted by atomic mass is 9.97. The largest absolute Gasteiger partial charge is 0.490 e. The average molecular weight is 263 g/mol. The second kappa shape index (κ2) is 6.04.